The van der Waals surface area contributed by atoms with Crippen LogP contribution in [-0.2, 0) is 0 Å². The van der Waals surface area contributed by atoms with E-state index in [9.17, 15) is 14.9 Å². The fourth-order valence-corrected chi connectivity index (χ4v) is 1.24. The molecule has 0 aliphatic rings. The number of aldehydes is 1. The topological polar surface area (TPSA) is 86.2 Å². The molecule has 0 radical (unpaired) electrons. The molecule has 0 spiro atoms. The molecule has 1 rings (SSSR count). The summed E-state index contributed by atoms with van der Waals surface area (Å²) in [5.74, 6) is 0. The van der Waals surface area contributed by atoms with E-state index in [4.69, 9.17) is 5.73 Å². The zero-order valence-corrected chi connectivity index (χ0v) is 8.63. The summed E-state index contributed by atoms with van der Waals surface area (Å²) in [6.07, 6.45) is 4.87. The van der Waals surface area contributed by atoms with E-state index >= 15 is 0 Å². The molecule has 0 saturated carbocycles. The van der Waals surface area contributed by atoms with Crippen LogP contribution in [0.15, 0.2) is 24.3 Å². The van der Waals surface area contributed by atoms with Crippen molar-refractivity contribution in [2.45, 2.75) is 6.42 Å². The van der Waals surface area contributed by atoms with E-state index in [0.717, 1.165) is 0 Å². The molecular weight excluding hydrogens is 208 g/mol. The van der Waals surface area contributed by atoms with E-state index in [2.05, 4.69) is 0 Å². The summed E-state index contributed by atoms with van der Waals surface area (Å²) in [5.41, 5.74) is 6.20. The van der Waals surface area contributed by atoms with Gasteiger partial charge in [-0.15, -0.1) is 0 Å². The Hall–Kier alpha value is -2.01. The first-order valence-corrected chi connectivity index (χ1v) is 4.79. The highest BCUT2D eigenvalue weighted by Gasteiger charge is 2.08. The molecule has 0 saturated heterocycles. The summed E-state index contributed by atoms with van der Waals surface area (Å²) in [5, 5.41) is 10.5. The SMILES string of the molecule is NCCC=Cc1ccc([N+](=O)[O-])cc1C=O. The van der Waals surface area contributed by atoms with Crippen LogP contribution < -0.4 is 5.73 Å². The van der Waals surface area contributed by atoms with E-state index < -0.39 is 4.92 Å². The maximum atomic E-state index is 10.8. The third-order valence-corrected chi connectivity index (χ3v) is 2.04. The van der Waals surface area contributed by atoms with Crippen molar-refractivity contribution in [3.63, 3.8) is 0 Å². The van der Waals surface area contributed by atoms with Gasteiger partial charge in [0.15, 0.2) is 6.29 Å². The number of nitro benzene ring substituents is 1. The molecule has 0 bridgehead atoms. The zero-order valence-electron chi connectivity index (χ0n) is 8.63. The molecule has 1 aromatic carbocycles. The first-order chi connectivity index (χ1) is 7.69. The molecule has 2 N–H and O–H groups in total. The van der Waals surface area contributed by atoms with Crippen LogP contribution in [0.25, 0.3) is 6.08 Å². The van der Waals surface area contributed by atoms with Crippen LogP contribution in [0.1, 0.15) is 22.3 Å². The van der Waals surface area contributed by atoms with Crippen molar-refractivity contribution in [3.05, 3.63) is 45.5 Å². The summed E-state index contributed by atoms with van der Waals surface area (Å²) in [6, 6.07) is 4.18. The second-order valence-electron chi connectivity index (χ2n) is 3.17. The number of nitro groups is 1. The lowest BCUT2D eigenvalue weighted by Crippen LogP contribution is -1.95. The van der Waals surface area contributed by atoms with E-state index in [-0.39, 0.29) is 5.69 Å². The molecule has 1 aromatic rings. The summed E-state index contributed by atoms with van der Waals surface area (Å²) < 4.78 is 0. The molecular formula is C11H12N2O3. The van der Waals surface area contributed by atoms with E-state index in [1.165, 1.54) is 12.1 Å². The molecule has 0 aliphatic carbocycles. The predicted octanol–water partition coefficient (Wildman–Crippen LogP) is 1.77. The van der Waals surface area contributed by atoms with Gasteiger partial charge >= 0.3 is 0 Å². The lowest BCUT2D eigenvalue weighted by Gasteiger charge is -1.98. The van der Waals surface area contributed by atoms with Crippen LogP contribution in [0.3, 0.4) is 0 Å². The molecule has 0 unspecified atom stereocenters. The average molecular weight is 220 g/mol. The van der Waals surface area contributed by atoms with Gasteiger partial charge in [-0.05, 0) is 24.6 Å². The largest absolute Gasteiger partial charge is 0.330 e. The van der Waals surface area contributed by atoms with Crippen LogP contribution in [0, 0.1) is 10.1 Å². The highest BCUT2D eigenvalue weighted by molar-refractivity contribution is 5.83. The van der Waals surface area contributed by atoms with Gasteiger partial charge in [0.25, 0.3) is 5.69 Å². The van der Waals surface area contributed by atoms with Crippen molar-refractivity contribution >= 4 is 18.0 Å². The number of carbonyl (C=O) groups is 1. The summed E-state index contributed by atoms with van der Waals surface area (Å²) in [4.78, 5) is 20.7. The first-order valence-electron chi connectivity index (χ1n) is 4.79. The molecule has 16 heavy (non-hydrogen) atoms. The molecule has 0 fully saturated rings. The highest BCUT2D eigenvalue weighted by atomic mass is 16.6. The Balaban J connectivity index is 3.02. The number of non-ortho nitro benzene ring substituents is 1. The molecule has 5 heteroatoms. The van der Waals surface area contributed by atoms with Crippen LogP contribution in [0.5, 0.6) is 0 Å². The van der Waals surface area contributed by atoms with Crippen molar-refractivity contribution in [1.29, 1.82) is 0 Å². The second-order valence-corrected chi connectivity index (χ2v) is 3.17. The zero-order chi connectivity index (χ0) is 12.0. The van der Waals surface area contributed by atoms with Gasteiger partial charge in [0.1, 0.15) is 0 Å². The van der Waals surface area contributed by atoms with Gasteiger partial charge in [0.05, 0.1) is 4.92 Å². The maximum Gasteiger partial charge on any atom is 0.270 e. The number of nitrogens with zero attached hydrogens (tertiary/aromatic N) is 1. The van der Waals surface area contributed by atoms with Gasteiger partial charge < -0.3 is 5.73 Å². The van der Waals surface area contributed by atoms with Gasteiger partial charge in [-0.3, -0.25) is 14.9 Å². The Bertz CT molecular complexity index is 427. The maximum absolute atomic E-state index is 10.8. The Labute approximate surface area is 92.7 Å². The van der Waals surface area contributed by atoms with Crippen LogP contribution in [-0.4, -0.2) is 17.8 Å². The van der Waals surface area contributed by atoms with Gasteiger partial charge in [-0.2, -0.15) is 0 Å². The monoisotopic (exact) mass is 220 g/mol. The Morgan fingerprint density at radius 2 is 2.12 bits per heavy atom. The lowest BCUT2D eigenvalue weighted by atomic mass is 10.1. The van der Waals surface area contributed by atoms with E-state index in [1.807, 2.05) is 6.08 Å². The molecule has 84 valence electrons. The van der Waals surface area contributed by atoms with Crippen molar-refractivity contribution < 1.29 is 9.72 Å². The van der Waals surface area contributed by atoms with Crippen molar-refractivity contribution in [3.8, 4) is 0 Å². The quantitative estimate of drug-likeness (QED) is 0.465. The third kappa shape index (κ3) is 2.99. The molecule has 0 amide bonds. The number of hydrogen-bond donors (Lipinski definition) is 1. The minimum atomic E-state index is -0.527. The molecule has 0 atom stereocenters. The Morgan fingerprint density at radius 1 is 1.38 bits per heavy atom. The van der Waals surface area contributed by atoms with E-state index in [1.54, 1.807) is 12.1 Å². The molecule has 0 aromatic heterocycles. The van der Waals surface area contributed by atoms with Gasteiger partial charge in [-0.25, -0.2) is 0 Å². The van der Waals surface area contributed by atoms with Crippen molar-refractivity contribution in [1.82, 2.24) is 0 Å². The second kappa shape index (κ2) is 5.77. The fraction of sp³-hybridized carbons (Fsp3) is 0.182. The van der Waals surface area contributed by atoms with Crippen LogP contribution in [0.2, 0.25) is 0 Å². The van der Waals surface area contributed by atoms with Gasteiger partial charge in [-0.1, -0.05) is 12.2 Å². The normalized spacial score (nSPS) is 10.6. The Kier molecular flexibility index (Phi) is 4.35. The van der Waals surface area contributed by atoms with E-state index in [0.29, 0.717) is 30.4 Å². The lowest BCUT2D eigenvalue weighted by molar-refractivity contribution is -0.384. The fourth-order valence-electron chi connectivity index (χ4n) is 1.24. The minimum absolute atomic E-state index is 0.0851. The van der Waals surface area contributed by atoms with Gasteiger partial charge in [0, 0.05) is 17.7 Å². The Morgan fingerprint density at radius 3 is 2.69 bits per heavy atom. The highest BCUT2D eigenvalue weighted by Crippen LogP contribution is 2.17. The molecule has 0 heterocycles. The third-order valence-electron chi connectivity index (χ3n) is 2.04. The summed E-state index contributed by atoms with van der Waals surface area (Å²) in [6.45, 7) is 0.528. The summed E-state index contributed by atoms with van der Waals surface area (Å²) >= 11 is 0. The first kappa shape index (κ1) is 12.1. The number of nitrogens with two attached hydrogens (primary N) is 1. The summed E-state index contributed by atoms with van der Waals surface area (Å²) in [7, 11) is 0. The standard InChI is InChI=1S/C11H12N2O3/c12-6-2-1-3-9-4-5-11(13(15)16)7-10(9)8-14/h1,3-5,7-8H,2,6,12H2. The number of rotatable bonds is 5. The average Bonchev–Trinajstić information content (AvgIpc) is 2.29. The van der Waals surface area contributed by atoms with Crippen LogP contribution >= 0.6 is 0 Å². The molecule has 5 nitrogen and oxygen atoms in total. The number of carbonyl (C=O) groups excluding carboxylic acids is 1. The smallest absolute Gasteiger partial charge is 0.270 e. The van der Waals surface area contributed by atoms with Crippen molar-refractivity contribution in [2.75, 3.05) is 6.54 Å². The number of benzene rings is 1. The minimum Gasteiger partial charge on any atom is -0.330 e. The van der Waals surface area contributed by atoms with Gasteiger partial charge in [0.2, 0.25) is 0 Å². The number of hydrogen-bond acceptors (Lipinski definition) is 4. The van der Waals surface area contributed by atoms with Crippen LogP contribution in [0.4, 0.5) is 5.69 Å². The predicted molar refractivity (Wildman–Crippen MR) is 61.2 cm³/mol. The van der Waals surface area contributed by atoms with Crippen molar-refractivity contribution in [2.24, 2.45) is 5.73 Å². The molecule has 0 aliphatic heterocycles.